The summed E-state index contributed by atoms with van der Waals surface area (Å²) in [5.74, 6) is -0.404. The minimum Gasteiger partial charge on any atom is -0.466 e. The summed E-state index contributed by atoms with van der Waals surface area (Å²) in [4.78, 5) is 39.5. The lowest BCUT2D eigenvalue weighted by Gasteiger charge is -2.22. The van der Waals surface area contributed by atoms with Crippen molar-refractivity contribution < 1.29 is 33.7 Å². The highest BCUT2D eigenvalue weighted by Gasteiger charge is 2.36. The first-order valence-corrected chi connectivity index (χ1v) is 21.8. The molecule has 0 saturated carbocycles. The van der Waals surface area contributed by atoms with Gasteiger partial charge in [0.05, 0.1) is 19.3 Å². The molecule has 8 nitrogen and oxygen atoms in total. The zero-order chi connectivity index (χ0) is 37.2. The lowest BCUT2D eigenvalue weighted by Crippen LogP contribution is -2.38. The molecule has 1 saturated heterocycles. The lowest BCUT2D eigenvalue weighted by atomic mass is 10.0. The Morgan fingerprint density at radius 1 is 0.569 bits per heavy atom. The zero-order valence-corrected chi connectivity index (χ0v) is 33.6. The Morgan fingerprint density at radius 2 is 1.02 bits per heavy atom. The van der Waals surface area contributed by atoms with Crippen LogP contribution in [0.2, 0.25) is 0 Å². The van der Waals surface area contributed by atoms with Gasteiger partial charge in [-0.15, -0.1) is 0 Å². The number of aliphatic hydroxyl groups is 1. The van der Waals surface area contributed by atoms with E-state index >= 15 is 0 Å². The molecule has 1 aliphatic heterocycles. The van der Waals surface area contributed by atoms with Gasteiger partial charge in [0.15, 0.2) is 0 Å². The molecule has 1 N–H and O–H groups in total. The van der Waals surface area contributed by atoms with Crippen LogP contribution in [0.1, 0.15) is 213 Å². The molecule has 0 aromatic rings. The molecule has 1 heterocycles. The van der Waals surface area contributed by atoms with Crippen LogP contribution in [-0.4, -0.2) is 72.5 Å². The van der Waals surface area contributed by atoms with E-state index in [4.69, 9.17) is 14.2 Å². The molecule has 0 amide bonds. The van der Waals surface area contributed by atoms with E-state index in [-0.39, 0.29) is 24.0 Å². The van der Waals surface area contributed by atoms with Crippen molar-refractivity contribution in [2.45, 2.75) is 232 Å². The van der Waals surface area contributed by atoms with Gasteiger partial charge in [-0.1, -0.05) is 136 Å². The number of hydrogen-bond acceptors (Lipinski definition) is 8. The Labute approximate surface area is 313 Å². The van der Waals surface area contributed by atoms with Crippen molar-refractivity contribution in [2.24, 2.45) is 0 Å². The number of likely N-dealkylation sites (tertiary alicyclic amines) is 1. The molecular weight excluding hydrogens is 642 g/mol. The summed E-state index contributed by atoms with van der Waals surface area (Å²) in [5, 5.41) is 10.2. The second kappa shape index (κ2) is 34.1. The van der Waals surface area contributed by atoms with E-state index in [1.165, 1.54) is 83.5 Å². The third-order valence-corrected chi connectivity index (χ3v) is 10.3. The van der Waals surface area contributed by atoms with Crippen molar-refractivity contribution in [1.82, 2.24) is 4.90 Å². The van der Waals surface area contributed by atoms with Gasteiger partial charge in [0.1, 0.15) is 12.1 Å². The summed E-state index contributed by atoms with van der Waals surface area (Å²) in [5.41, 5.74) is 0. The van der Waals surface area contributed by atoms with Gasteiger partial charge >= 0.3 is 17.9 Å². The first kappa shape index (κ1) is 47.4. The summed E-state index contributed by atoms with van der Waals surface area (Å²) in [6, 6.07) is -0.394. The molecule has 8 heteroatoms. The topological polar surface area (TPSA) is 102 Å². The fourth-order valence-electron chi connectivity index (χ4n) is 7.08. The molecule has 0 spiro atoms. The number of ether oxygens (including phenoxy) is 3. The highest BCUT2D eigenvalue weighted by atomic mass is 16.5. The number of rotatable bonds is 36. The van der Waals surface area contributed by atoms with E-state index in [9.17, 15) is 19.5 Å². The van der Waals surface area contributed by atoms with Gasteiger partial charge < -0.3 is 19.3 Å². The van der Waals surface area contributed by atoms with Gasteiger partial charge in [0.2, 0.25) is 0 Å². The first-order valence-electron chi connectivity index (χ1n) is 21.8. The quantitative estimate of drug-likeness (QED) is 0.0387. The second-order valence-corrected chi connectivity index (χ2v) is 15.3. The molecule has 51 heavy (non-hydrogen) atoms. The van der Waals surface area contributed by atoms with Crippen LogP contribution in [-0.2, 0) is 28.6 Å². The van der Waals surface area contributed by atoms with Crippen LogP contribution in [0.3, 0.4) is 0 Å². The molecule has 1 rings (SSSR count). The third kappa shape index (κ3) is 27.6. The van der Waals surface area contributed by atoms with Crippen LogP contribution in [0, 0.1) is 0 Å². The molecule has 1 unspecified atom stereocenters. The van der Waals surface area contributed by atoms with Gasteiger partial charge in [-0.2, -0.15) is 0 Å². The number of aliphatic hydroxyl groups excluding tert-OH is 1. The normalized spacial score (nSPS) is 16.2. The average Bonchev–Trinajstić information content (AvgIpc) is 3.50. The zero-order valence-electron chi connectivity index (χ0n) is 33.6. The fraction of sp³-hybridized carbons (Fsp3) is 0.930. The highest BCUT2D eigenvalue weighted by Crippen LogP contribution is 2.21. The maximum absolute atomic E-state index is 12.8. The number of unbranched alkanes of at least 4 members (excludes halogenated alkanes) is 20. The minimum atomic E-state index is -0.511. The number of β-amino-alcohol motifs (C(OH)–C–C–N with tert-alkyl or cyclic N) is 1. The summed E-state index contributed by atoms with van der Waals surface area (Å²) in [6.07, 6.45) is 30.9. The van der Waals surface area contributed by atoms with Crippen LogP contribution < -0.4 is 0 Å². The first-order chi connectivity index (χ1) is 24.9. The van der Waals surface area contributed by atoms with Crippen LogP contribution in [0.5, 0.6) is 0 Å². The van der Waals surface area contributed by atoms with Crippen molar-refractivity contribution in [3.05, 3.63) is 0 Å². The molecule has 0 aromatic heterocycles. The standard InChI is InChI=1S/C43H81NO7/c1-4-7-10-13-14-15-16-19-27-34-49-41(46)31-25-21-26-33-44-37-38(45)36-40(44)43(48)50-35-28-20-17-18-24-32-42(47)51-39(29-22-11-8-5-2)30-23-12-9-6-3/h38-40,45H,4-37H2,1-3H3/t38?,40-/m0/s1. The van der Waals surface area contributed by atoms with Gasteiger partial charge in [-0.25, -0.2) is 0 Å². The number of esters is 3. The number of carbonyl (C=O) groups is 3. The molecular formula is C43H81NO7. The van der Waals surface area contributed by atoms with Crippen molar-refractivity contribution in [1.29, 1.82) is 0 Å². The fourth-order valence-corrected chi connectivity index (χ4v) is 7.08. The van der Waals surface area contributed by atoms with Gasteiger partial charge in [-0.05, 0) is 64.3 Å². The maximum atomic E-state index is 12.8. The second-order valence-electron chi connectivity index (χ2n) is 15.3. The van der Waals surface area contributed by atoms with E-state index in [0.717, 1.165) is 89.9 Å². The Kier molecular flexibility index (Phi) is 31.7. The van der Waals surface area contributed by atoms with Crippen LogP contribution in [0.4, 0.5) is 0 Å². The molecule has 1 aliphatic rings. The summed E-state index contributed by atoms with van der Waals surface area (Å²) in [6.45, 7) is 8.80. The Balaban J connectivity index is 2.10. The van der Waals surface area contributed by atoms with Crippen LogP contribution in [0.25, 0.3) is 0 Å². The van der Waals surface area contributed by atoms with Crippen molar-refractivity contribution >= 4 is 17.9 Å². The van der Waals surface area contributed by atoms with E-state index in [1.54, 1.807) is 0 Å². The number of nitrogens with zero attached hydrogens (tertiary/aromatic N) is 1. The van der Waals surface area contributed by atoms with Crippen molar-refractivity contribution in [3.63, 3.8) is 0 Å². The average molecular weight is 724 g/mol. The van der Waals surface area contributed by atoms with Crippen LogP contribution in [0.15, 0.2) is 0 Å². The minimum absolute atomic E-state index is 0.0506. The van der Waals surface area contributed by atoms with Gasteiger partial charge in [0, 0.05) is 25.8 Å². The lowest BCUT2D eigenvalue weighted by molar-refractivity contribution is -0.150. The molecule has 300 valence electrons. The third-order valence-electron chi connectivity index (χ3n) is 10.3. The summed E-state index contributed by atoms with van der Waals surface area (Å²) >= 11 is 0. The van der Waals surface area contributed by atoms with E-state index in [0.29, 0.717) is 45.6 Å². The van der Waals surface area contributed by atoms with Gasteiger partial charge in [-0.3, -0.25) is 19.3 Å². The number of carbonyl (C=O) groups excluding carboxylic acids is 3. The Hall–Kier alpha value is -1.67. The molecule has 0 aliphatic carbocycles. The summed E-state index contributed by atoms with van der Waals surface area (Å²) < 4.78 is 16.9. The maximum Gasteiger partial charge on any atom is 0.323 e. The smallest absolute Gasteiger partial charge is 0.323 e. The predicted octanol–water partition coefficient (Wildman–Crippen LogP) is 10.8. The van der Waals surface area contributed by atoms with E-state index < -0.39 is 12.1 Å². The summed E-state index contributed by atoms with van der Waals surface area (Å²) in [7, 11) is 0. The monoisotopic (exact) mass is 724 g/mol. The predicted molar refractivity (Wildman–Crippen MR) is 209 cm³/mol. The molecule has 1 fully saturated rings. The Bertz CT molecular complexity index is 825. The largest absolute Gasteiger partial charge is 0.466 e. The molecule has 0 aromatic carbocycles. The Morgan fingerprint density at radius 3 is 1.59 bits per heavy atom. The number of hydrogen-bond donors (Lipinski definition) is 1. The molecule has 2 atom stereocenters. The molecule has 0 radical (unpaired) electrons. The molecule has 0 bridgehead atoms. The van der Waals surface area contributed by atoms with Gasteiger partial charge in [0.25, 0.3) is 0 Å². The van der Waals surface area contributed by atoms with Crippen LogP contribution >= 0.6 is 0 Å². The highest BCUT2D eigenvalue weighted by molar-refractivity contribution is 5.76. The van der Waals surface area contributed by atoms with E-state index in [1.807, 2.05) is 4.90 Å². The van der Waals surface area contributed by atoms with Crippen molar-refractivity contribution in [3.8, 4) is 0 Å². The SMILES string of the molecule is CCCCCCCCCCCOC(=O)CCCCCN1CC(O)C[C@H]1C(=O)OCCCCCCCC(=O)OC(CCCCCC)CCCCCC. The van der Waals surface area contributed by atoms with Crippen molar-refractivity contribution in [2.75, 3.05) is 26.3 Å². The van der Waals surface area contributed by atoms with E-state index in [2.05, 4.69) is 20.8 Å².